The highest BCUT2D eigenvalue weighted by Crippen LogP contribution is 2.01. The molecule has 0 aliphatic rings. The zero-order valence-corrected chi connectivity index (χ0v) is 12.7. The summed E-state index contributed by atoms with van der Waals surface area (Å²) in [6.45, 7) is 4.53. The molecular formula is C11H20N2O6S. The van der Waals surface area contributed by atoms with Crippen molar-refractivity contribution in [2.24, 2.45) is 0 Å². The van der Waals surface area contributed by atoms with E-state index in [1.54, 1.807) is 13.8 Å². The van der Waals surface area contributed by atoms with Gasteiger partial charge in [-0.25, -0.2) is 13.2 Å². The minimum atomic E-state index is -3.94. The number of hydrogen-bond acceptors (Lipinski definition) is 5. The van der Waals surface area contributed by atoms with Crippen LogP contribution in [0, 0.1) is 0 Å². The Morgan fingerprint density at radius 2 is 1.75 bits per heavy atom. The molecule has 0 aromatic carbocycles. The third-order valence-corrected chi connectivity index (χ3v) is 4.14. The second-order valence-electron chi connectivity index (χ2n) is 4.74. The maximum atomic E-state index is 11.8. The van der Waals surface area contributed by atoms with Gasteiger partial charge < -0.3 is 15.3 Å². The Balaban J connectivity index is 4.84. The van der Waals surface area contributed by atoms with Crippen LogP contribution in [0.5, 0.6) is 0 Å². The molecule has 2 N–H and O–H groups in total. The number of nitrogens with one attached hydrogen (secondary N) is 1. The number of carboxylic acid groups (broad SMARTS) is 1. The predicted molar refractivity (Wildman–Crippen MR) is 71.8 cm³/mol. The quantitative estimate of drug-likeness (QED) is 0.613. The number of carboxylic acids is 1. The minimum Gasteiger partial charge on any atom is -0.480 e. The van der Waals surface area contributed by atoms with Crippen molar-refractivity contribution in [3.63, 3.8) is 0 Å². The van der Waals surface area contributed by atoms with Gasteiger partial charge in [-0.3, -0.25) is 9.59 Å². The molecule has 9 heteroatoms. The summed E-state index contributed by atoms with van der Waals surface area (Å²) < 4.78 is 23.6. The van der Waals surface area contributed by atoms with E-state index in [1.165, 1.54) is 11.9 Å². The molecule has 0 aromatic rings. The smallest absolute Gasteiger partial charge is 0.327 e. The lowest BCUT2D eigenvalue weighted by Crippen LogP contribution is -2.46. The van der Waals surface area contributed by atoms with Crippen molar-refractivity contribution in [2.45, 2.75) is 32.9 Å². The summed E-state index contributed by atoms with van der Waals surface area (Å²) in [5.74, 6) is -4.34. The second-order valence-corrected chi connectivity index (χ2v) is 6.85. The SMILES string of the molecule is CC(=O)NC(CS(=O)(=O)CC(=O)N(C)C(C)C)C(=O)O. The van der Waals surface area contributed by atoms with Gasteiger partial charge in [0.15, 0.2) is 9.84 Å². The fourth-order valence-electron chi connectivity index (χ4n) is 1.31. The molecule has 0 bridgehead atoms. The van der Waals surface area contributed by atoms with Crippen molar-refractivity contribution >= 4 is 27.6 Å². The van der Waals surface area contributed by atoms with E-state index in [2.05, 4.69) is 0 Å². The molecule has 0 aliphatic heterocycles. The monoisotopic (exact) mass is 308 g/mol. The van der Waals surface area contributed by atoms with Gasteiger partial charge in [0, 0.05) is 20.0 Å². The third kappa shape index (κ3) is 6.50. The predicted octanol–water partition coefficient (Wildman–Crippen LogP) is -1.14. The van der Waals surface area contributed by atoms with Crippen molar-refractivity contribution in [1.29, 1.82) is 0 Å². The van der Waals surface area contributed by atoms with Crippen LogP contribution < -0.4 is 5.32 Å². The fraction of sp³-hybridized carbons (Fsp3) is 0.727. The van der Waals surface area contributed by atoms with E-state index in [1.807, 2.05) is 5.32 Å². The molecule has 1 atom stereocenters. The van der Waals surface area contributed by atoms with Gasteiger partial charge in [0.1, 0.15) is 11.8 Å². The average Bonchev–Trinajstić information content (AvgIpc) is 2.24. The largest absolute Gasteiger partial charge is 0.480 e. The van der Waals surface area contributed by atoms with Crippen LogP contribution in [-0.2, 0) is 24.2 Å². The first kappa shape index (κ1) is 18.4. The number of aliphatic carboxylic acids is 1. The molecule has 8 nitrogen and oxygen atoms in total. The van der Waals surface area contributed by atoms with E-state index in [0.29, 0.717) is 0 Å². The highest BCUT2D eigenvalue weighted by Gasteiger charge is 2.29. The standard InChI is InChI=1S/C11H20N2O6S/c1-7(2)13(4)10(15)6-20(18,19)5-9(11(16)17)12-8(3)14/h7,9H,5-6H2,1-4H3,(H,12,14)(H,16,17). The zero-order chi connectivity index (χ0) is 16.1. The first-order valence-corrected chi connectivity index (χ1v) is 7.74. The van der Waals surface area contributed by atoms with Crippen molar-refractivity contribution in [1.82, 2.24) is 10.2 Å². The highest BCUT2D eigenvalue weighted by molar-refractivity contribution is 7.92. The van der Waals surface area contributed by atoms with Gasteiger partial charge in [0.25, 0.3) is 0 Å². The van der Waals surface area contributed by atoms with E-state index < -0.39 is 45.2 Å². The van der Waals surface area contributed by atoms with Crippen LogP contribution in [-0.4, -0.2) is 66.8 Å². The van der Waals surface area contributed by atoms with E-state index in [-0.39, 0.29) is 6.04 Å². The third-order valence-electron chi connectivity index (χ3n) is 2.61. The zero-order valence-electron chi connectivity index (χ0n) is 11.9. The lowest BCUT2D eigenvalue weighted by Gasteiger charge is -2.21. The normalized spacial score (nSPS) is 12.8. The van der Waals surface area contributed by atoms with Crippen molar-refractivity contribution < 1.29 is 27.9 Å². The van der Waals surface area contributed by atoms with Crippen LogP contribution in [0.15, 0.2) is 0 Å². The first-order valence-electron chi connectivity index (χ1n) is 5.92. The molecule has 116 valence electrons. The Hall–Kier alpha value is -1.64. The maximum absolute atomic E-state index is 11.8. The van der Waals surface area contributed by atoms with Crippen LogP contribution in [0.3, 0.4) is 0 Å². The molecule has 0 saturated heterocycles. The van der Waals surface area contributed by atoms with E-state index >= 15 is 0 Å². The van der Waals surface area contributed by atoms with Crippen LogP contribution in [0.2, 0.25) is 0 Å². The van der Waals surface area contributed by atoms with Crippen molar-refractivity contribution in [2.75, 3.05) is 18.6 Å². The molecule has 0 fully saturated rings. The molecular weight excluding hydrogens is 288 g/mol. The Labute approximate surface area is 118 Å². The average molecular weight is 308 g/mol. The number of rotatable bonds is 7. The molecule has 2 amide bonds. The van der Waals surface area contributed by atoms with Gasteiger partial charge in [-0.1, -0.05) is 0 Å². The molecule has 0 rings (SSSR count). The molecule has 1 unspecified atom stereocenters. The molecule has 0 aliphatic carbocycles. The van der Waals surface area contributed by atoms with Gasteiger partial charge in [-0.2, -0.15) is 0 Å². The molecule has 0 spiro atoms. The number of carbonyl (C=O) groups excluding carboxylic acids is 2. The summed E-state index contributed by atoms with van der Waals surface area (Å²) in [6, 6.07) is -1.72. The van der Waals surface area contributed by atoms with Gasteiger partial charge >= 0.3 is 5.97 Å². The van der Waals surface area contributed by atoms with Gasteiger partial charge in [0.05, 0.1) is 5.75 Å². The van der Waals surface area contributed by atoms with Crippen LogP contribution in [0.25, 0.3) is 0 Å². The van der Waals surface area contributed by atoms with Gasteiger partial charge in [0.2, 0.25) is 11.8 Å². The number of nitrogens with zero attached hydrogens (tertiary/aromatic N) is 1. The lowest BCUT2D eigenvalue weighted by molar-refractivity contribution is -0.140. The fourth-order valence-corrected chi connectivity index (χ4v) is 2.74. The molecule has 20 heavy (non-hydrogen) atoms. The summed E-state index contributed by atoms with van der Waals surface area (Å²) >= 11 is 0. The number of amides is 2. The van der Waals surface area contributed by atoms with E-state index in [4.69, 9.17) is 5.11 Å². The Morgan fingerprint density at radius 1 is 1.25 bits per heavy atom. The second kappa shape index (κ2) is 7.22. The molecule has 0 aromatic heterocycles. The maximum Gasteiger partial charge on any atom is 0.327 e. The Bertz CT molecular complexity index is 485. The van der Waals surface area contributed by atoms with Gasteiger partial charge in [-0.15, -0.1) is 0 Å². The van der Waals surface area contributed by atoms with E-state index in [9.17, 15) is 22.8 Å². The summed E-state index contributed by atoms with van der Waals surface area (Å²) in [6.07, 6.45) is 0. The van der Waals surface area contributed by atoms with Crippen LogP contribution >= 0.6 is 0 Å². The van der Waals surface area contributed by atoms with E-state index in [0.717, 1.165) is 6.92 Å². The summed E-state index contributed by atoms with van der Waals surface area (Å²) in [5, 5.41) is 10.9. The van der Waals surface area contributed by atoms with Crippen LogP contribution in [0.1, 0.15) is 20.8 Å². The van der Waals surface area contributed by atoms with Crippen molar-refractivity contribution in [3.8, 4) is 0 Å². The topological polar surface area (TPSA) is 121 Å². The molecule has 0 heterocycles. The lowest BCUT2D eigenvalue weighted by atomic mass is 10.3. The minimum absolute atomic E-state index is 0.164. The summed E-state index contributed by atoms with van der Waals surface area (Å²) in [7, 11) is -2.47. The highest BCUT2D eigenvalue weighted by atomic mass is 32.2. The number of hydrogen-bond donors (Lipinski definition) is 2. The number of carbonyl (C=O) groups is 3. The molecule has 0 saturated carbocycles. The van der Waals surface area contributed by atoms with Crippen molar-refractivity contribution in [3.05, 3.63) is 0 Å². The molecule has 0 radical (unpaired) electrons. The summed E-state index contributed by atoms with van der Waals surface area (Å²) in [4.78, 5) is 34.6. The van der Waals surface area contributed by atoms with Crippen LogP contribution in [0.4, 0.5) is 0 Å². The van der Waals surface area contributed by atoms with Gasteiger partial charge in [-0.05, 0) is 13.8 Å². The first-order chi connectivity index (χ1) is 8.96. The Morgan fingerprint density at radius 3 is 2.10 bits per heavy atom. The number of sulfone groups is 1. The Kier molecular flexibility index (Phi) is 6.63. The summed E-state index contributed by atoms with van der Waals surface area (Å²) in [5.41, 5.74) is 0.